The molecular weight excluding hydrogens is 354 g/mol. The number of nitriles is 1. The Morgan fingerprint density at radius 1 is 1.43 bits per heavy atom. The number of halogens is 2. The molecule has 5 nitrogen and oxygen atoms in total. The van der Waals surface area contributed by atoms with Crippen LogP contribution in [0.5, 0.6) is 0 Å². The Balaban J connectivity index is 2.31. The standard InChI is InChI=1S/C14H13BrClN5/c1-2-5-18-14-19-8-11(15)13(21-14)20-12-6-10(16)4-3-9(12)7-17/h3-4,6,8H,2,5H2,1H3,(H2,18,19,20,21). The zero-order chi connectivity index (χ0) is 15.2. The largest absolute Gasteiger partial charge is 0.354 e. The summed E-state index contributed by atoms with van der Waals surface area (Å²) in [6.45, 7) is 2.86. The quantitative estimate of drug-likeness (QED) is 0.824. The zero-order valence-corrected chi connectivity index (χ0v) is 13.7. The average Bonchev–Trinajstić information content (AvgIpc) is 2.48. The van der Waals surface area contributed by atoms with E-state index in [-0.39, 0.29) is 0 Å². The Labute approximate surface area is 136 Å². The van der Waals surface area contributed by atoms with Crippen molar-refractivity contribution in [2.75, 3.05) is 17.2 Å². The fourth-order valence-corrected chi connectivity index (χ4v) is 2.08. The van der Waals surface area contributed by atoms with Gasteiger partial charge >= 0.3 is 0 Å². The fourth-order valence-electron chi connectivity index (χ4n) is 1.62. The highest BCUT2D eigenvalue weighted by molar-refractivity contribution is 9.10. The summed E-state index contributed by atoms with van der Waals surface area (Å²) in [6.07, 6.45) is 2.64. The fraction of sp³-hybridized carbons (Fsp3) is 0.214. The molecule has 2 aromatic rings. The first-order valence-corrected chi connectivity index (χ1v) is 7.54. The van der Waals surface area contributed by atoms with Crippen LogP contribution in [0.1, 0.15) is 18.9 Å². The summed E-state index contributed by atoms with van der Waals surface area (Å²) >= 11 is 9.36. The summed E-state index contributed by atoms with van der Waals surface area (Å²) in [4.78, 5) is 8.56. The van der Waals surface area contributed by atoms with E-state index in [4.69, 9.17) is 16.9 Å². The summed E-state index contributed by atoms with van der Waals surface area (Å²) < 4.78 is 0.702. The Hall–Kier alpha value is -1.84. The van der Waals surface area contributed by atoms with Crippen molar-refractivity contribution in [2.24, 2.45) is 0 Å². The highest BCUT2D eigenvalue weighted by atomic mass is 79.9. The summed E-state index contributed by atoms with van der Waals surface area (Å²) in [6, 6.07) is 7.14. The summed E-state index contributed by atoms with van der Waals surface area (Å²) in [5.41, 5.74) is 1.10. The summed E-state index contributed by atoms with van der Waals surface area (Å²) in [5, 5.41) is 15.9. The minimum atomic E-state index is 0.493. The zero-order valence-electron chi connectivity index (χ0n) is 11.3. The van der Waals surface area contributed by atoms with Gasteiger partial charge in [-0.3, -0.25) is 0 Å². The van der Waals surface area contributed by atoms with Gasteiger partial charge in [0.25, 0.3) is 0 Å². The second-order valence-corrected chi connectivity index (χ2v) is 5.53. The highest BCUT2D eigenvalue weighted by Crippen LogP contribution is 2.28. The molecule has 0 spiro atoms. The first-order valence-electron chi connectivity index (χ1n) is 6.37. The van der Waals surface area contributed by atoms with E-state index in [1.807, 2.05) is 0 Å². The Kier molecular flexibility index (Phi) is 5.37. The van der Waals surface area contributed by atoms with Gasteiger partial charge in [0.1, 0.15) is 11.9 Å². The lowest BCUT2D eigenvalue weighted by Crippen LogP contribution is -2.06. The number of nitrogens with one attached hydrogen (secondary N) is 2. The maximum atomic E-state index is 9.14. The second-order valence-electron chi connectivity index (χ2n) is 4.24. The van der Waals surface area contributed by atoms with E-state index in [0.29, 0.717) is 32.5 Å². The monoisotopic (exact) mass is 365 g/mol. The predicted molar refractivity (Wildman–Crippen MR) is 88.0 cm³/mol. The lowest BCUT2D eigenvalue weighted by atomic mass is 10.2. The van der Waals surface area contributed by atoms with Crippen LogP contribution in [-0.4, -0.2) is 16.5 Å². The van der Waals surface area contributed by atoms with Crippen LogP contribution in [0.25, 0.3) is 0 Å². The minimum absolute atomic E-state index is 0.493. The topological polar surface area (TPSA) is 73.6 Å². The molecule has 0 saturated heterocycles. The van der Waals surface area contributed by atoms with Crippen LogP contribution in [0.2, 0.25) is 5.02 Å². The van der Waals surface area contributed by atoms with E-state index >= 15 is 0 Å². The molecule has 1 aromatic heterocycles. The molecule has 0 saturated carbocycles. The van der Waals surface area contributed by atoms with Gasteiger partial charge in [-0.1, -0.05) is 18.5 Å². The lowest BCUT2D eigenvalue weighted by Gasteiger charge is -2.11. The van der Waals surface area contributed by atoms with Gasteiger partial charge in [0.15, 0.2) is 0 Å². The van der Waals surface area contributed by atoms with E-state index in [9.17, 15) is 0 Å². The van der Waals surface area contributed by atoms with Gasteiger partial charge in [0.05, 0.1) is 15.7 Å². The van der Waals surface area contributed by atoms with Crippen molar-refractivity contribution in [3.8, 4) is 6.07 Å². The first-order chi connectivity index (χ1) is 10.1. The molecule has 0 aliphatic heterocycles. The van der Waals surface area contributed by atoms with Crippen molar-refractivity contribution in [2.45, 2.75) is 13.3 Å². The number of benzene rings is 1. The van der Waals surface area contributed by atoms with Crippen LogP contribution < -0.4 is 10.6 Å². The molecule has 0 bridgehead atoms. The van der Waals surface area contributed by atoms with Crippen LogP contribution in [-0.2, 0) is 0 Å². The lowest BCUT2D eigenvalue weighted by molar-refractivity contribution is 0.952. The molecule has 21 heavy (non-hydrogen) atoms. The molecule has 0 fully saturated rings. The Morgan fingerprint density at radius 3 is 2.95 bits per heavy atom. The third-order valence-electron chi connectivity index (χ3n) is 2.63. The maximum absolute atomic E-state index is 9.14. The van der Waals surface area contributed by atoms with Crippen LogP contribution >= 0.6 is 27.5 Å². The highest BCUT2D eigenvalue weighted by Gasteiger charge is 2.09. The van der Waals surface area contributed by atoms with E-state index in [1.54, 1.807) is 24.4 Å². The molecule has 0 amide bonds. The molecule has 7 heteroatoms. The van der Waals surface area contributed by atoms with Crippen molar-refractivity contribution < 1.29 is 0 Å². The molecule has 2 rings (SSSR count). The maximum Gasteiger partial charge on any atom is 0.224 e. The molecule has 0 unspecified atom stereocenters. The molecule has 0 radical (unpaired) electrons. The predicted octanol–water partition coefficient (Wildman–Crippen LogP) is 4.33. The van der Waals surface area contributed by atoms with Crippen LogP contribution in [0.3, 0.4) is 0 Å². The van der Waals surface area contributed by atoms with Crippen molar-refractivity contribution >= 4 is 45.0 Å². The number of rotatable bonds is 5. The molecule has 0 aliphatic rings. The average molecular weight is 367 g/mol. The molecular formula is C14H13BrClN5. The van der Waals surface area contributed by atoms with Crippen LogP contribution in [0.4, 0.5) is 17.5 Å². The SMILES string of the molecule is CCCNc1ncc(Br)c(Nc2cc(Cl)ccc2C#N)n1. The van der Waals surface area contributed by atoms with Gasteiger partial charge in [-0.2, -0.15) is 10.2 Å². The smallest absolute Gasteiger partial charge is 0.224 e. The Morgan fingerprint density at radius 2 is 2.24 bits per heavy atom. The summed E-state index contributed by atoms with van der Waals surface area (Å²) in [5.74, 6) is 1.10. The van der Waals surface area contributed by atoms with E-state index in [1.165, 1.54) is 0 Å². The van der Waals surface area contributed by atoms with Crippen molar-refractivity contribution in [3.63, 3.8) is 0 Å². The van der Waals surface area contributed by atoms with Crippen molar-refractivity contribution in [1.29, 1.82) is 5.26 Å². The number of anilines is 3. The first kappa shape index (κ1) is 15.5. The van der Waals surface area contributed by atoms with Gasteiger partial charge in [-0.15, -0.1) is 0 Å². The number of nitrogens with zero attached hydrogens (tertiary/aromatic N) is 3. The molecule has 0 atom stereocenters. The summed E-state index contributed by atoms with van der Waals surface area (Å²) in [7, 11) is 0. The molecule has 1 heterocycles. The number of hydrogen-bond acceptors (Lipinski definition) is 5. The normalized spacial score (nSPS) is 10.0. The number of aromatic nitrogens is 2. The van der Waals surface area contributed by atoms with Crippen molar-refractivity contribution in [1.82, 2.24) is 9.97 Å². The van der Waals surface area contributed by atoms with Gasteiger partial charge in [-0.05, 0) is 40.5 Å². The minimum Gasteiger partial charge on any atom is -0.354 e. The van der Waals surface area contributed by atoms with E-state index < -0.39 is 0 Å². The van der Waals surface area contributed by atoms with Gasteiger partial charge in [0, 0.05) is 17.8 Å². The molecule has 1 aromatic carbocycles. The van der Waals surface area contributed by atoms with Gasteiger partial charge in [0.2, 0.25) is 5.95 Å². The molecule has 2 N–H and O–H groups in total. The van der Waals surface area contributed by atoms with Crippen molar-refractivity contribution in [3.05, 3.63) is 39.5 Å². The van der Waals surface area contributed by atoms with Crippen LogP contribution in [0.15, 0.2) is 28.9 Å². The molecule has 0 aliphatic carbocycles. The van der Waals surface area contributed by atoms with Gasteiger partial charge in [-0.25, -0.2) is 4.98 Å². The van der Waals surface area contributed by atoms with E-state index in [0.717, 1.165) is 13.0 Å². The third-order valence-corrected chi connectivity index (χ3v) is 3.45. The number of hydrogen-bond donors (Lipinski definition) is 2. The molecule has 108 valence electrons. The van der Waals surface area contributed by atoms with Crippen LogP contribution in [0, 0.1) is 11.3 Å². The third kappa shape index (κ3) is 4.06. The Bertz CT molecular complexity index is 684. The van der Waals surface area contributed by atoms with Gasteiger partial charge < -0.3 is 10.6 Å². The van der Waals surface area contributed by atoms with E-state index in [2.05, 4.69) is 49.5 Å². The second kappa shape index (κ2) is 7.25.